The van der Waals surface area contributed by atoms with Crippen molar-refractivity contribution >= 4 is 37.2 Å². The minimum absolute atomic E-state index is 0.00508. The van der Waals surface area contributed by atoms with E-state index in [1.54, 1.807) is 13.8 Å². The molecule has 0 unspecified atom stereocenters. The fraction of sp³-hybridized carbons (Fsp3) is 0.333. The van der Waals surface area contributed by atoms with Crippen molar-refractivity contribution in [1.29, 1.82) is 0 Å². The fourth-order valence-corrected chi connectivity index (χ4v) is 3.38. The molecule has 5 nitrogen and oxygen atoms in total. The van der Waals surface area contributed by atoms with Gasteiger partial charge in [-0.3, -0.25) is 14.5 Å². The number of nitrogens with zero attached hydrogens (tertiary/aromatic N) is 1. The molecule has 19 heavy (non-hydrogen) atoms. The number of hydrogen-bond acceptors (Lipinski definition) is 4. The first-order valence-corrected chi connectivity index (χ1v) is 7.94. The van der Waals surface area contributed by atoms with Gasteiger partial charge in [0.15, 0.2) is 0 Å². The highest BCUT2D eigenvalue weighted by atomic mass is 35.7. The molecular formula is C12H12ClNO4S. The molecule has 0 aliphatic carbocycles. The first-order chi connectivity index (χ1) is 8.71. The second-order valence-electron chi connectivity index (χ2n) is 4.46. The van der Waals surface area contributed by atoms with E-state index in [1.807, 2.05) is 0 Å². The van der Waals surface area contributed by atoms with Crippen LogP contribution < -0.4 is 4.90 Å². The van der Waals surface area contributed by atoms with Gasteiger partial charge in [-0.05, 0) is 37.1 Å². The molecule has 0 N–H and O–H groups in total. The van der Waals surface area contributed by atoms with Gasteiger partial charge in [0.1, 0.15) is 0 Å². The van der Waals surface area contributed by atoms with E-state index >= 15 is 0 Å². The van der Waals surface area contributed by atoms with Crippen molar-refractivity contribution < 1.29 is 18.0 Å². The van der Waals surface area contributed by atoms with Crippen molar-refractivity contribution in [2.75, 3.05) is 4.90 Å². The van der Waals surface area contributed by atoms with Gasteiger partial charge in [-0.15, -0.1) is 0 Å². The van der Waals surface area contributed by atoms with Crippen molar-refractivity contribution in [3.05, 3.63) is 23.3 Å². The number of aryl methyl sites for hydroxylation is 2. The van der Waals surface area contributed by atoms with Crippen molar-refractivity contribution in [3.63, 3.8) is 0 Å². The van der Waals surface area contributed by atoms with E-state index in [0.717, 1.165) is 4.90 Å². The monoisotopic (exact) mass is 301 g/mol. The summed E-state index contributed by atoms with van der Waals surface area (Å²) < 4.78 is 22.8. The number of carbonyl (C=O) groups is 2. The van der Waals surface area contributed by atoms with Crippen molar-refractivity contribution in [3.8, 4) is 0 Å². The molecule has 1 aliphatic heterocycles. The van der Waals surface area contributed by atoms with Crippen molar-refractivity contribution in [2.24, 2.45) is 0 Å². The first-order valence-electron chi connectivity index (χ1n) is 5.63. The SMILES string of the molecule is Cc1cc(S(=O)(=O)Cl)c(C)cc1N1C(=O)CCC1=O. The van der Waals surface area contributed by atoms with Crippen LogP contribution in [0.3, 0.4) is 0 Å². The highest BCUT2D eigenvalue weighted by Crippen LogP contribution is 2.31. The molecule has 0 spiro atoms. The predicted molar refractivity (Wildman–Crippen MR) is 70.7 cm³/mol. The summed E-state index contributed by atoms with van der Waals surface area (Å²) in [4.78, 5) is 24.5. The Morgan fingerprint density at radius 1 is 1.05 bits per heavy atom. The van der Waals surface area contributed by atoms with Gasteiger partial charge in [-0.1, -0.05) is 0 Å². The average molecular weight is 302 g/mol. The van der Waals surface area contributed by atoms with E-state index in [2.05, 4.69) is 0 Å². The number of anilines is 1. The summed E-state index contributed by atoms with van der Waals surface area (Å²) in [5.74, 6) is -0.539. The third kappa shape index (κ3) is 2.50. The third-order valence-electron chi connectivity index (χ3n) is 3.05. The number of imide groups is 1. The Bertz CT molecular complexity index is 665. The van der Waals surface area contributed by atoms with Crippen LogP contribution in [0.4, 0.5) is 5.69 Å². The summed E-state index contributed by atoms with van der Waals surface area (Å²) in [5.41, 5.74) is 1.35. The van der Waals surface area contributed by atoms with Crippen LogP contribution in [0.2, 0.25) is 0 Å². The molecule has 2 rings (SSSR count). The van der Waals surface area contributed by atoms with Crippen LogP contribution in [0.15, 0.2) is 17.0 Å². The van der Waals surface area contributed by atoms with E-state index in [-0.39, 0.29) is 29.6 Å². The van der Waals surface area contributed by atoms with E-state index in [1.165, 1.54) is 12.1 Å². The van der Waals surface area contributed by atoms with Crippen LogP contribution in [0, 0.1) is 13.8 Å². The molecule has 0 aromatic heterocycles. The van der Waals surface area contributed by atoms with Gasteiger partial charge in [0, 0.05) is 23.5 Å². The molecule has 1 aliphatic rings. The second kappa shape index (κ2) is 4.61. The molecule has 0 saturated carbocycles. The maximum atomic E-state index is 11.7. The highest BCUT2D eigenvalue weighted by molar-refractivity contribution is 8.13. The Morgan fingerprint density at radius 3 is 2.05 bits per heavy atom. The molecule has 1 heterocycles. The number of carbonyl (C=O) groups excluding carboxylic acids is 2. The lowest BCUT2D eigenvalue weighted by atomic mass is 10.1. The minimum atomic E-state index is -3.84. The summed E-state index contributed by atoms with van der Waals surface area (Å²) >= 11 is 0. The van der Waals surface area contributed by atoms with Gasteiger partial charge in [-0.25, -0.2) is 8.42 Å². The van der Waals surface area contributed by atoms with Gasteiger partial charge in [0.2, 0.25) is 11.8 Å². The zero-order valence-corrected chi connectivity index (χ0v) is 12.0. The lowest BCUT2D eigenvalue weighted by molar-refractivity contribution is -0.121. The summed E-state index contributed by atoms with van der Waals surface area (Å²) in [7, 11) is 1.49. The minimum Gasteiger partial charge on any atom is -0.274 e. The number of rotatable bonds is 2. The van der Waals surface area contributed by atoms with Crippen molar-refractivity contribution in [1.82, 2.24) is 0 Å². The molecule has 1 aromatic carbocycles. The van der Waals surface area contributed by atoms with Gasteiger partial charge >= 0.3 is 0 Å². The lowest BCUT2D eigenvalue weighted by Gasteiger charge is -2.18. The molecular weight excluding hydrogens is 290 g/mol. The topological polar surface area (TPSA) is 71.5 Å². The van der Waals surface area contributed by atoms with Gasteiger partial charge < -0.3 is 0 Å². The summed E-state index contributed by atoms with van der Waals surface area (Å²) in [6.07, 6.45) is 0.375. The Hall–Kier alpha value is -1.40. The zero-order chi connectivity index (χ0) is 14.4. The highest BCUT2D eigenvalue weighted by Gasteiger charge is 2.32. The van der Waals surface area contributed by atoms with Crippen LogP contribution in [-0.4, -0.2) is 20.2 Å². The summed E-state index contributed by atoms with van der Waals surface area (Å²) in [6.45, 7) is 3.21. The maximum Gasteiger partial charge on any atom is 0.261 e. The lowest BCUT2D eigenvalue weighted by Crippen LogP contribution is -2.29. The Kier molecular flexibility index (Phi) is 3.40. The van der Waals surface area contributed by atoms with Crippen LogP contribution in [0.1, 0.15) is 24.0 Å². The smallest absolute Gasteiger partial charge is 0.261 e. The number of amides is 2. The Balaban J connectivity index is 2.59. The first kappa shape index (κ1) is 14.0. The molecule has 1 aromatic rings. The largest absolute Gasteiger partial charge is 0.274 e. The Labute approximate surface area is 115 Å². The summed E-state index contributed by atoms with van der Waals surface area (Å²) in [6, 6.07) is 2.89. The van der Waals surface area contributed by atoms with E-state index in [0.29, 0.717) is 16.8 Å². The maximum absolute atomic E-state index is 11.7. The van der Waals surface area contributed by atoms with Crippen LogP contribution in [0.5, 0.6) is 0 Å². The number of hydrogen-bond donors (Lipinski definition) is 0. The molecule has 1 saturated heterocycles. The second-order valence-corrected chi connectivity index (χ2v) is 7.00. The molecule has 1 fully saturated rings. The van der Waals surface area contributed by atoms with Crippen LogP contribution in [0.25, 0.3) is 0 Å². The molecule has 0 radical (unpaired) electrons. The van der Waals surface area contributed by atoms with Gasteiger partial charge in [0.25, 0.3) is 9.05 Å². The predicted octanol–water partition coefficient (Wildman–Crippen LogP) is 1.88. The van der Waals surface area contributed by atoms with E-state index < -0.39 is 9.05 Å². The van der Waals surface area contributed by atoms with Gasteiger partial charge in [-0.2, -0.15) is 0 Å². The molecule has 102 valence electrons. The average Bonchev–Trinajstić information content (AvgIpc) is 2.60. The van der Waals surface area contributed by atoms with Crippen LogP contribution in [-0.2, 0) is 18.6 Å². The van der Waals surface area contributed by atoms with Crippen molar-refractivity contribution in [2.45, 2.75) is 31.6 Å². The standard InChI is InChI=1S/C12H12ClNO4S/c1-7-6-10(19(13,17)18)8(2)5-9(7)14-11(15)3-4-12(14)16/h5-6H,3-4H2,1-2H3. The van der Waals surface area contributed by atoms with E-state index in [9.17, 15) is 18.0 Å². The third-order valence-corrected chi connectivity index (χ3v) is 4.51. The number of benzene rings is 1. The molecule has 0 atom stereocenters. The normalized spacial score (nSPS) is 16.3. The molecule has 7 heteroatoms. The number of halogens is 1. The summed E-state index contributed by atoms with van der Waals surface area (Å²) in [5, 5.41) is 0. The van der Waals surface area contributed by atoms with Gasteiger partial charge in [0.05, 0.1) is 10.6 Å². The molecule has 0 bridgehead atoms. The van der Waals surface area contributed by atoms with Crippen LogP contribution >= 0.6 is 10.7 Å². The Morgan fingerprint density at radius 2 is 1.58 bits per heavy atom. The van der Waals surface area contributed by atoms with E-state index in [4.69, 9.17) is 10.7 Å². The quantitative estimate of drug-likeness (QED) is 0.618. The fourth-order valence-electron chi connectivity index (χ4n) is 2.12. The molecule has 2 amide bonds. The zero-order valence-electron chi connectivity index (χ0n) is 10.4.